The number of para-hydroxylation sites is 1. The minimum Gasteiger partial charge on any atom is -0.481 e. The standard InChI is InChI=1S/C12H17N3O3/c1-13-8-9-4-2-3-5-10(9)15-12(18)14-7-6-11(16)17/h2-5,13H,6-8H2,1H3,(H,16,17)(H2,14,15,18). The summed E-state index contributed by atoms with van der Waals surface area (Å²) in [5, 5.41) is 16.6. The number of nitrogens with one attached hydrogen (secondary N) is 3. The number of carboxylic acids is 1. The molecule has 0 bridgehead atoms. The Hall–Kier alpha value is -2.08. The molecule has 0 radical (unpaired) electrons. The third-order valence-electron chi connectivity index (χ3n) is 2.26. The summed E-state index contributed by atoms with van der Waals surface area (Å²) in [7, 11) is 1.82. The molecule has 0 spiro atoms. The molecule has 0 aliphatic carbocycles. The van der Waals surface area contributed by atoms with E-state index in [0.717, 1.165) is 5.56 Å². The number of anilines is 1. The first-order valence-corrected chi connectivity index (χ1v) is 5.62. The topological polar surface area (TPSA) is 90.5 Å². The molecule has 1 aromatic rings. The summed E-state index contributed by atoms with van der Waals surface area (Å²) in [6, 6.07) is 7.01. The van der Waals surface area contributed by atoms with E-state index >= 15 is 0 Å². The molecule has 6 heteroatoms. The smallest absolute Gasteiger partial charge is 0.319 e. The maximum absolute atomic E-state index is 11.5. The maximum Gasteiger partial charge on any atom is 0.319 e. The molecule has 0 saturated carbocycles. The first kappa shape index (κ1) is 14.0. The average molecular weight is 251 g/mol. The lowest BCUT2D eigenvalue weighted by atomic mass is 10.2. The van der Waals surface area contributed by atoms with E-state index in [1.165, 1.54) is 0 Å². The number of benzene rings is 1. The number of hydrogen-bond donors (Lipinski definition) is 4. The van der Waals surface area contributed by atoms with Crippen molar-refractivity contribution in [2.45, 2.75) is 13.0 Å². The molecular weight excluding hydrogens is 234 g/mol. The molecule has 1 aromatic carbocycles. The summed E-state index contributed by atoms with van der Waals surface area (Å²) < 4.78 is 0. The van der Waals surface area contributed by atoms with Crippen LogP contribution < -0.4 is 16.0 Å². The van der Waals surface area contributed by atoms with Gasteiger partial charge in [0, 0.05) is 18.8 Å². The van der Waals surface area contributed by atoms with Crippen molar-refractivity contribution in [3.63, 3.8) is 0 Å². The summed E-state index contributed by atoms with van der Waals surface area (Å²) in [5.74, 6) is -0.939. The van der Waals surface area contributed by atoms with E-state index in [0.29, 0.717) is 12.2 Å². The Bertz CT molecular complexity index is 421. The molecule has 0 aliphatic rings. The lowest BCUT2D eigenvalue weighted by molar-refractivity contribution is -0.136. The molecule has 98 valence electrons. The fourth-order valence-corrected chi connectivity index (χ4v) is 1.44. The van der Waals surface area contributed by atoms with Gasteiger partial charge in [-0.15, -0.1) is 0 Å². The van der Waals surface area contributed by atoms with Crippen LogP contribution in [0.2, 0.25) is 0 Å². The lowest BCUT2D eigenvalue weighted by Crippen LogP contribution is -2.31. The van der Waals surface area contributed by atoms with Gasteiger partial charge in [0.05, 0.1) is 6.42 Å². The first-order valence-electron chi connectivity index (χ1n) is 5.62. The zero-order valence-corrected chi connectivity index (χ0v) is 10.2. The second-order valence-electron chi connectivity index (χ2n) is 3.71. The number of amides is 2. The lowest BCUT2D eigenvalue weighted by Gasteiger charge is -2.11. The maximum atomic E-state index is 11.5. The van der Waals surface area contributed by atoms with Crippen molar-refractivity contribution < 1.29 is 14.7 Å². The summed E-state index contributed by atoms with van der Waals surface area (Å²) in [4.78, 5) is 21.8. The highest BCUT2D eigenvalue weighted by Gasteiger charge is 2.05. The van der Waals surface area contributed by atoms with Crippen LogP contribution in [0.15, 0.2) is 24.3 Å². The normalized spacial score (nSPS) is 9.83. The highest BCUT2D eigenvalue weighted by molar-refractivity contribution is 5.90. The number of hydrogen-bond acceptors (Lipinski definition) is 3. The van der Waals surface area contributed by atoms with Gasteiger partial charge in [-0.1, -0.05) is 18.2 Å². The Kier molecular flexibility index (Phi) is 5.66. The first-order chi connectivity index (χ1) is 8.63. The van der Waals surface area contributed by atoms with Gasteiger partial charge >= 0.3 is 12.0 Å². The molecule has 1 rings (SSSR count). The van der Waals surface area contributed by atoms with E-state index in [1.54, 1.807) is 6.07 Å². The van der Waals surface area contributed by atoms with Crippen molar-refractivity contribution in [2.24, 2.45) is 0 Å². The molecule has 2 amide bonds. The van der Waals surface area contributed by atoms with Gasteiger partial charge in [-0.3, -0.25) is 4.79 Å². The number of carbonyl (C=O) groups is 2. The van der Waals surface area contributed by atoms with Crippen LogP contribution in [-0.4, -0.2) is 30.7 Å². The summed E-state index contributed by atoms with van der Waals surface area (Å²) in [6.45, 7) is 0.751. The SMILES string of the molecule is CNCc1ccccc1NC(=O)NCCC(=O)O. The van der Waals surface area contributed by atoms with Gasteiger partial charge in [0.15, 0.2) is 0 Å². The zero-order valence-electron chi connectivity index (χ0n) is 10.2. The predicted octanol–water partition coefficient (Wildman–Crippen LogP) is 1.00. The van der Waals surface area contributed by atoms with Gasteiger partial charge in [0.25, 0.3) is 0 Å². The molecule has 0 aromatic heterocycles. The molecule has 0 atom stereocenters. The molecule has 0 heterocycles. The Morgan fingerprint density at radius 2 is 2.00 bits per heavy atom. The van der Waals surface area contributed by atoms with Crippen LogP contribution in [-0.2, 0) is 11.3 Å². The van der Waals surface area contributed by atoms with E-state index < -0.39 is 12.0 Å². The van der Waals surface area contributed by atoms with Crippen LogP contribution in [0.1, 0.15) is 12.0 Å². The molecule has 0 unspecified atom stereocenters. The highest BCUT2D eigenvalue weighted by atomic mass is 16.4. The zero-order chi connectivity index (χ0) is 13.4. The van der Waals surface area contributed by atoms with Crippen molar-refractivity contribution in [2.75, 3.05) is 18.9 Å². The van der Waals surface area contributed by atoms with E-state index in [4.69, 9.17) is 5.11 Å². The van der Waals surface area contributed by atoms with Crippen molar-refractivity contribution in [1.82, 2.24) is 10.6 Å². The van der Waals surface area contributed by atoms with Crippen LogP contribution >= 0.6 is 0 Å². The van der Waals surface area contributed by atoms with Crippen LogP contribution in [0.3, 0.4) is 0 Å². The molecule has 0 saturated heterocycles. The second-order valence-corrected chi connectivity index (χ2v) is 3.71. The van der Waals surface area contributed by atoms with E-state index in [-0.39, 0.29) is 13.0 Å². The molecule has 0 aliphatic heterocycles. The van der Waals surface area contributed by atoms with E-state index in [9.17, 15) is 9.59 Å². The Labute approximate surface area is 105 Å². The monoisotopic (exact) mass is 251 g/mol. The summed E-state index contributed by atoms with van der Waals surface area (Å²) in [6.07, 6.45) is -0.0917. The summed E-state index contributed by atoms with van der Waals surface area (Å²) >= 11 is 0. The van der Waals surface area contributed by atoms with Gasteiger partial charge in [0.2, 0.25) is 0 Å². The Balaban J connectivity index is 2.50. The second kappa shape index (κ2) is 7.29. The van der Waals surface area contributed by atoms with Crippen molar-refractivity contribution in [1.29, 1.82) is 0 Å². The van der Waals surface area contributed by atoms with E-state index in [2.05, 4.69) is 16.0 Å². The minimum absolute atomic E-state index is 0.0917. The van der Waals surface area contributed by atoms with Crippen LogP contribution in [0.5, 0.6) is 0 Å². The van der Waals surface area contributed by atoms with Gasteiger partial charge in [-0.2, -0.15) is 0 Å². The van der Waals surface area contributed by atoms with Crippen LogP contribution in [0, 0.1) is 0 Å². The number of carboxylic acid groups (broad SMARTS) is 1. The molecule has 4 N–H and O–H groups in total. The summed E-state index contributed by atoms with van der Waals surface area (Å²) in [5.41, 5.74) is 1.67. The Morgan fingerprint density at radius 1 is 1.28 bits per heavy atom. The van der Waals surface area contributed by atoms with Crippen molar-refractivity contribution in [3.05, 3.63) is 29.8 Å². The fourth-order valence-electron chi connectivity index (χ4n) is 1.44. The molecule has 6 nitrogen and oxygen atoms in total. The highest BCUT2D eigenvalue weighted by Crippen LogP contribution is 2.14. The van der Waals surface area contributed by atoms with Crippen molar-refractivity contribution >= 4 is 17.7 Å². The number of rotatable bonds is 6. The van der Waals surface area contributed by atoms with Gasteiger partial charge in [-0.25, -0.2) is 4.79 Å². The number of aliphatic carboxylic acids is 1. The van der Waals surface area contributed by atoms with Crippen molar-refractivity contribution in [3.8, 4) is 0 Å². The average Bonchev–Trinajstić information content (AvgIpc) is 2.31. The van der Waals surface area contributed by atoms with Crippen LogP contribution in [0.4, 0.5) is 10.5 Å². The van der Waals surface area contributed by atoms with E-state index in [1.807, 2.05) is 25.2 Å². The van der Waals surface area contributed by atoms with Crippen LogP contribution in [0.25, 0.3) is 0 Å². The number of carbonyl (C=O) groups excluding carboxylic acids is 1. The predicted molar refractivity (Wildman–Crippen MR) is 68.5 cm³/mol. The quantitative estimate of drug-likeness (QED) is 0.607. The third kappa shape index (κ3) is 4.84. The molecular formula is C12H17N3O3. The third-order valence-corrected chi connectivity index (χ3v) is 2.26. The van der Waals surface area contributed by atoms with Gasteiger partial charge < -0.3 is 21.1 Å². The largest absolute Gasteiger partial charge is 0.481 e. The fraction of sp³-hybridized carbons (Fsp3) is 0.333. The minimum atomic E-state index is -0.939. The Morgan fingerprint density at radius 3 is 2.67 bits per heavy atom. The number of urea groups is 1. The van der Waals surface area contributed by atoms with Gasteiger partial charge in [0.1, 0.15) is 0 Å². The van der Waals surface area contributed by atoms with Gasteiger partial charge in [-0.05, 0) is 18.7 Å². The molecule has 0 fully saturated rings. The molecule has 18 heavy (non-hydrogen) atoms.